The van der Waals surface area contributed by atoms with Crippen molar-refractivity contribution in [3.8, 4) is 0 Å². The molecule has 6 nitrogen and oxygen atoms in total. The third kappa shape index (κ3) is 4.44. The third-order valence-electron chi connectivity index (χ3n) is 7.21. The molecular formula is C27H38N4O2. The van der Waals surface area contributed by atoms with E-state index in [2.05, 4.69) is 26.1 Å². The smallest absolute Gasteiger partial charge is 0.277 e. The van der Waals surface area contributed by atoms with Gasteiger partial charge in [-0.15, -0.1) is 0 Å². The van der Waals surface area contributed by atoms with E-state index in [1.165, 1.54) is 12.8 Å². The van der Waals surface area contributed by atoms with E-state index in [4.69, 9.17) is 5.10 Å². The van der Waals surface area contributed by atoms with Crippen LogP contribution < -0.4 is 10.2 Å². The molecule has 0 saturated heterocycles. The standard InChI is InChI=1S/C27H38N4O2/c1-18-13-14-19(2)21(15-18)31-24(32)22-16-23(26(3,4)5)29-30(22)17-27(31,6)25(33)28-20-11-9-7-8-10-12-20/h13-16,20H,7-12,17H2,1-6H3,(H,28,33). The SMILES string of the molecule is Cc1ccc(C)c(N2C(=O)c3cc(C(C)(C)C)nn3CC2(C)C(=O)NC2CCCCCC2)c1. The van der Waals surface area contributed by atoms with Crippen LogP contribution in [0.5, 0.6) is 0 Å². The molecule has 1 aliphatic carbocycles. The molecule has 1 atom stereocenters. The number of aryl methyl sites for hydroxylation is 2. The molecule has 6 heteroatoms. The highest BCUT2D eigenvalue weighted by molar-refractivity contribution is 6.12. The number of hydrogen-bond donors (Lipinski definition) is 1. The van der Waals surface area contributed by atoms with Gasteiger partial charge in [-0.2, -0.15) is 5.10 Å². The van der Waals surface area contributed by atoms with Crippen molar-refractivity contribution in [2.45, 2.75) is 104 Å². The molecule has 1 aliphatic heterocycles. The fourth-order valence-electron chi connectivity index (χ4n) is 5.05. The molecule has 1 saturated carbocycles. The van der Waals surface area contributed by atoms with Crippen molar-refractivity contribution in [1.29, 1.82) is 0 Å². The van der Waals surface area contributed by atoms with Crippen molar-refractivity contribution in [3.63, 3.8) is 0 Å². The van der Waals surface area contributed by atoms with Crippen molar-refractivity contribution in [2.75, 3.05) is 4.90 Å². The minimum atomic E-state index is -1.07. The topological polar surface area (TPSA) is 67.2 Å². The predicted octanol–water partition coefficient (Wildman–Crippen LogP) is 5.06. The number of anilines is 1. The van der Waals surface area contributed by atoms with Gasteiger partial charge in [0.1, 0.15) is 11.2 Å². The van der Waals surface area contributed by atoms with Gasteiger partial charge in [0.15, 0.2) is 0 Å². The highest BCUT2D eigenvalue weighted by Crippen LogP contribution is 2.36. The Morgan fingerprint density at radius 3 is 2.39 bits per heavy atom. The first-order chi connectivity index (χ1) is 15.5. The van der Waals surface area contributed by atoms with E-state index in [-0.39, 0.29) is 23.3 Å². The van der Waals surface area contributed by atoms with Gasteiger partial charge in [0.25, 0.3) is 5.91 Å². The van der Waals surface area contributed by atoms with Crippen LogP contribution in [0, 0.1) is 13.8 Å². The second-order valence-corrected chi connectivity index (χ2v) is 11.2. The van der Waals surface area contributed by atoms with Crippen LogP contribution in [-0.4, -0.2) is 33.2 Å². The molecule has 4 rings (SSSR count). The highest BCUT2D eigenvalue weighted by atomic mass is 16.2. The average molecular weight is 451 g/mol. The van der Waals surface area contributed by atoms with Gasteiger partial charge >= 0.3 is 0 Å². The molecule has 2 heterocycles. The van der Waals surface area contributed by atoms with E-state index in [1.807, 2.05) is 45.0 Å². The monoisotopic (exact) mass is 450 g/mol. The van der Waals surface area contributed by atoms with E-state index in [0.29, 0.717) is 12.2 Å². The lowest BCUT2D eigenvalue weighted by atomic mass is 9.90. The quantitative estimate of drug-likeness (QED) is 0.665. The molecule has 1 fully saturated rings. The van der Waals surface area contributed by atoms with Crippen LogP contribution in [0.15, 0.2) is 24.3 Å². The highest BCUT2D eigenvalue weighted by Gasteiger charge is 2.50. The molecule has 33 heavy (non-hydrogen) atoms. The lowest BCUT2D eigenvalue weighted by Gasteiger charge is -2.44. The predicted molar refractivity (Wildman–Crippen MR) is 132 cm³/mol. The lowest BCUT2D eigenvalue weighted by Crippen LogP contribution is -2.65. The van der Waals surface area contributed by atoms with Gasteiger partial charge in [0.2, 0.25) is 5.91 Å². The number of fused-ring (bicyclic) bond motifs is 1. The van der Waals surface area contributed by atoms with E-state index >= 15 is 0 Å². The average Bonchev–Trinajstić information content (AvgIpc) is 3.01. The molecule has 1 aromatic carbocycles. The molecule has 1 N–H and O–H groups in total. The second-order valence-electron chi connectivity index (χ2n) is 11.2. The molecule has 178 valence electrons. The molecule has 2 amide bonds. The summed E-state index contributed by atoms with van der Waals surface area (Å²) in [4.78, 5) is 29.6. The van der Waals surface area contributed by atoms with E-state index in [9.17, 15) is 9.59 Å². The maximum atomic E-state index is 14.0. The number of benzene rings is 1. The molecule has 0 bridgehead atoms. The molecule has 0 spiro atoms. The summed E-state index contributed by atoms with van der Waals surface area (Å²) < 4.78 is 1.75. The second kappa shape index (κ2) is 8.62. The molecule has 2 aromatic rings. The molecule has 1 unspecified atom stereocenters. The molecule has 2 aliphatic rings. The number of nitrogens with one attached hydrogen (secondary N) is 1. The Morgan fingerprint density at radius 2 is 1.76 bits per heavy atom. The summed E-state index contributed by atoms with van der Waals surface area (Å²) in [6.07, 6.45) is 6.73. The number of hydrogen-bond acceptors (Lipinski definition) is 3. The van der Waals surface area contributed by atoms with Crippen LogP contribution in [0.3, 0.4) is 0 Å². The Kier molecular flexibility index (Phi) is 6.14. The van der Waals surface area contributed by atoms with Crippen LogP contribution in [0.1, 0.15) is 93.5 Å². The summed E-state index contributed by atoms with van der Waals surface area (Å²) in [5, 5.41) is 8.09. The van der Waals surface area contributed by atoms with Gasteiger partial charge in [-0.25, -0.2) is 0 Å². The summed E-state index contributed by atoms with van der Waals surface area (Å²) in [6.45, 7) is 12.5. The Labute approximate surface area is 197 Å². The fraction of sp³-hybridized carbons (Fsp3) is 0.593. The number of amides is 2. The summed E-state index contributed by atoms with van der Waals surface area (Å²) in [7, 11) is 0. The van der Waals surface area contributed by atoms with Gasteiger partial charge in [0, 0.05) is 17.1 Å². The minimum Gasteiger partial charge on any atom is -0.351 e. The molecule has 0 radical (unpaired) electrons. The minimum absolute atomic E-state index is 0.0953. The van der Waals surface area contributed by atoms with Crippen LogP contribution in [0.25, 0.3) is 0 Å². The first-order valence-corrected chi connectivity index (χ1v) is 12.3. The third-order valence-corrected chi connectivity index (χ3v) is 7.21. The Balaban J connectivity index is 1.79. The number of rotatable bonds is 3. The van der Waals surface area contributed by atoms with Crippen molar-refractivity contribution >= 4 is 17.5 Å². The van der Waals surface area contributed by atoms with Crippen molar-refractivity contribution in [2.24, 2.45) is 0 Å². The zero-order chi connectivity index (χ0) is 24.0. The largest absolute Gasteiger partial charge is 0.351 e. The zero-order valence-corrected chi connectivity index (χ0v) is 21.0. The Bertz CT molecular complexity index is 1060. The van der Waals surface area contributed by atoms with Crippen molar-refractivity contribution < 1.29 is 9.59 Å². The van der Waals surface area contributed by atoms with Crippen LogP contribution in [0.2, 0.25) is 0 Å². The number of carbonyl (C=O) groups excluding carboxylic acids is 2. The summed E-state index contributed by atoms with van der Waals surface area (Å²) >= 11 is 0. The van der Waals surface area contributed by atoms with Gasteiger partial charge in [0.05, 0.1) is 12.2 Å². The lowest BCUT2D eigenvalue weighted by molar-refractivity contribution is -0.127. The van der Waals surface area contributed by atoms with Crippen molar-refractivity contribution in [3.05, 3.63) is 46.8 Å². The summed E-state index contributed by atoms with van der Waals surface area (Å²) in [5.74, 6) is -0.265. The fourth-order valence-corrected chi connectivity index (χ4v) is 5.05. The van der Waals surface area contributed by atoms with Gasteiger partial charge in [-0.05, 0) is 56.9 Å². The molecular weight excluding hydrogens is 412 g/mol. The number of aromatic nitrogens is 2. The Hall–Kier alpha value is -2.63. The molecule has 1 aromatic heterocycles. The maximum absolute atomic E-state index is 14.0. The first kappa shape index (κ1) is 23.5. The first-order valence-electron chi connectivity index (χ1n) is 12.3. The van der Waals surface area contributed by atoms with E-state index < -0.39 is 5.54 Å². The zero-order valence-electron chi connectivity index (χ0n) is 21.0. The normalized spacial score (nSPS) is 22.1. The van der Waals surface area contributed by atoms with Gasteiger partial charge < -0.3 is 5.32 Å². The summed E-state index contributed by atoms with van der Waals surface area (Å²) in [5.41, 5.74) is 2.98. The van der Waals surface area contributed by atoms with Crippen molar-refractivity contribution in [1.82, 2.24) is 15.1 Å². The number of nitrogens with zero attached hydrogens (tertiary/aromatic N) is 3. The van der Waals surface area contributed by atoms with E-state index in [0.717, 1.165) is 48.2 Å². The number of carbonyl (C=O) groups is 2. The van der Waals surface area contributed by atoms with E-state index in [1.54, 1.807) is 9.58 Å². The summed E-state index contributed by atoms with van der Waals surface area (Å²) in [6, 6.07) is 8.13. The van der Waals surface area contributed by atoms with Gasteiger partial charge in [-0.1, -0.05) is 58.6 Å². The van der Waals surface area contributed by atoms with Crippen LogP contribution >= 0.6 is 0 Å². The van der Waals surface area contributed by atoms with Crippen LogP contribution in [-0.2, 0) is 16.8 Å². The van der Waals surface area contributed by atoms with Gasteiger partial charge in [-0.3, -0.25) is 19.2 Å². The Morgan fingerprint density at radius 1 is 1.09 bits per heavy atom. The van der Waals surface area contributed by atoms with Crippen LogP contribution in [0.4, 0.5) is 5.69 Å². The maximum Gasteiger partial charge on any atom is 0.277 e.